The first-order valence-corrected chi connectivity index (χ1v) is 7.67. The van der Waals surface area contributed by atoms with E-state index in [2.05, 4.69) is 11.9 Å². The number of hydrogen-bond donors (Lipinski definition) is 0. The molecule has 2 fully saturated rings. The van der Waals surface area contributed by atoms with Gasteiger partial charge in [-0.2, -0.15) is 0 Å². The van der Waals surface area contributed by atoms with Crippen LogP contribution in [-0.2, 0) is 4.74 Å². The van der Waals surface area contributed by atoms with Crippen LogP contribution in [0, 0.1) is 0 Å². The van der Waals surface area contributed by atoms with E-state index in [9.17, 15) is 0 Å². The normalized spacial score (nSPS) is 34.4. The summed E-state index contributed by atoms with van der Waals surface area (Å²) < 4.78 is 5.66. The molecule has 0 N–H and O–H groups in total. The van der Waals surface area contributed by atoms with E-state index in [-0.39, 0.29) is 0 Å². The van der Waals surface area contributed by atoms with Crippen LogP contribution in [0.25, 0.3) is 0 Å². The average Bonchev–Trinajstić information content (AvgIpc) is 2.82. The highest BCUT2D eigenvalue weighted by Gasteiger charge is 2.26. The fraction of sp³-hybridized carbons (Fsp3) is 1.00. The van der Waals surface area contributed by atoms with Gasteiger partial charge in [-0.15, -0.1) is 11.6 Å². The van der Waals surface area contributed by atoms with E-state index in [0.29, 0.717) is 17.5 Å². The highest BCUT2D eigenvalue weighted by atomic mass is 35.5. The van der Waals surface area contributed by atoms with E-state index < -0.39 is 0 Å². The smallest absolute Gasteiger partial charge is 0.0576 e. The Hall–Kier alpha value is 0.210. The Balaban J connectivity index is 1.63. The van der Waals surface area contributed by atoms with Crippen LogP contribution in [-0.4, -0.2) is 42.6 Å². The maximum absolute atomic E-state index is 6.42. The minimum absolute atomic E-state index is 0.372. The van der Waals surface area contributed by atoms with Gasteiger partial charge in [-0.3, -0.25) is 0 Å². The molecule has 1 aliphatic carbocycles. The summed E-state index contributed by atoms with van der Waals surface area (Å²) in [4.78, 5) is 2.48. The Morgan fingerprint density at radius 2 is 2.00 bits per heavy atom. The van der Waals surface area contributed by atoms with Crippen molar-refractivity contribution in [2.45, 2.75) is 68.9 Å². The Morgan fingerprint density at radius 1 is 1.18 bits per heavy atom. The molecule has 0 aromatic carbocycles. The predicted octanol–water partition coefficient (Wildman–Crippen LogP) is 3.43. The molecule has 3 unspecified atom stereocenters. The highest BCUT2D eigenvalue weighted by Crippen LogP contribution is 2.27. The van der Waals surface area contributed by atoms with E-state index >= 15 is 0 Å². The van der Waals surface area contributed by atoms with Gasteiger partial charge in [0.15, 0.2) is 0 Å². The van der Waals surface area contributed by atoms with Gasteiger partial charge in [-0.1, -0.05) is 12.8 Å². The van der Waals surface area contributed by atoms with Gasteiger partial charge in [0.2, 0.25) is 0 Å². The summed E-state index contributed by atoms with van der Waals surface area (Å²) in [6.45, 7) is 2.15. The minimum Gasteiger partial charge on any atom is -0.378 e. The lowest BCUT2D eigenvalue weighted by atomic mass is 9.93. The molecule has 0 bridgehead atoms. The van der Waals surface area contributed by atoms with Gasteiger partial charge < -0.3 is 9.64 Å². The number of nitrogens with zero attached hydrogens (tertiary/aromatic N) is 1. The van der Waals surface area contributed by atoms with Gasteiger partial charge in [-0.25, -0.2) is 0 Å². The summed E-state index contributed by atoms with van der Waals surface area (Å²) in [6.07, 6.45) is 10.7. The molecule has 3 heteroatoms. The number of alkyl halides is 1. The van der Waals surface area contributed by atoms with E-state index in [1.165, 1.54) is 57.9 Å². The fourth-order valence-corrected chi connectivity index (χ4v) is 3.64. The van der Waals surface area contributed by atoms with Crippen LogP contribution < -0.4 is 0 Å². The molecule has 0 radical (unpaired) electrons. The summed E-state index contributed by atoms with van der Waals surface area (Å²) in [5.74, 6) is 0. The van der Waals surface area contributed by atoms with Gasteiger partial charge in [0.1, 0.15) is 0 Å². The second kappa shape index (κ2) is 6.96. The molecule has 1 aliphatic heterocycles. The van der Waals surface area contributed by atoms with Crippen molar-refractivity contribution in [3.63, 3.8) is 0 Å². The van der Waals surface area contributed by atoms with Crippen LogP contribution in [0.15, 0.2) is 0 Å². The molecular weight excluding hydrogens is 234 g/mol. The predicted molar refractivity (Wildman–Crippen MR) is 72.7 cm³/mol. The van der Waals surface area contributed by atoms with E-state index in [4.69, 9.17) is 16.3 Å². The first-order chi connectivity index (χ1) is 8.27. The van der Waals surface area contributed by atoms with Gasteiger partial charge in [0.25, 0.3) is 0 Å². The molecule has 2 rings (SSSR count). The molecule has 0 amide bonds. The fourth-order valence-electron chi connectivity index (χ4n) is 3.17. The molecule has 3 atom stereocenters. The first-order valence-electron chi connectivity index (χ1n) is 7.23. The molecular formula is C14H26ClNO. The molecule has 2 aliphatic rings. The SMILES string of the molecule is CN(CCCC1CCCO1)C1CCCCC1Cl. The first kappa shape index (κ1) is 13.6. The van der Waals surface area contributed by atoms with Crippen molar-refractivity contribution >= 4 is 11.6 Å². The third-order valence-corrected chi connectivity index (χ3v) is 4.78. The maximum Gasteiger partial charge on any atom is 0.0576 e. The summed E-state index contributed by atoms with van der Waals surface area (Å²) in [5.41, 5.74) is 0. The van der Waals surface area contributed by atoms with Gasteiger partial charge in [0, 0.05) is 18.0 Å². The number of rotatable bonds is 5. The van der Waals surface area contributed by atoms with Crippen molar-refractivity contribution in [3.05, 3.63) is 0 Å². The van der Waals surface area contributed by atoms with Crippen LogP contribution in [0.3, 0.4) is 0 Å². The zero-order valence-corrected chi connectivity index (χ0v) is 11.8. The van der Waals surface area contributed by atoms with E-state index in [0.717, 1.165) is 6.61 Å². The summed E-state index contributed by atoms with van der Waals surface area (Å²) >= 11 is 6.42. The van der Waals surface area contributed by atoms with Crippen LogP contribution in [0.1, 0.15) is 51.4 Å². The van der Waals surface area contributed by atoms with Crippen molar-refractivity contribution in [1.29, 1.82) is 0 Å². The lowest BCUT2D eigenvalue weighted by Crippen LogP contribution is -2.41. The van der Waals surface area contributed by atoms with Crippen molar-refractivity contribution in [2.24, 2.45) is 0 Å². The zero-order chi connectivity index (χ0) is 12.1. The zero-order valence-electron chi connectivity index (χ0n) is 11.0. The minimum atomic E-state index is 0.372. The quantitative estimate of drug-likeness (QED) is 0.702. The second-order valence-electron chi connectivity index (χ2n) is 5.63. The molecule has 0 aromatic heterocycles. The van der Waals surface area contributed by atoms with Crippen molar-refractivity contribution < 1.29 is 4.74 Å². The van der Waals surface area contributed by atoms with Crippen LogP contribution in [0.4, 0.5) is 0 Å². The molecule has 1 saturated heterocycles. The number of halogens is 1. The summed E-state index contributed by atoms with van der Waals surface area (Å²) in [6, 6.07) is 0.606. The maximum atomic E-state index is 6.42. The molecule has 0 spiro atoms. The number of ether oxygens (including phenoxy) is 1. The standard InChI is InChI=1S/C14H26ClNO/c1-16(14-9-3-2-8-13(14)15)10-4-6-12-7-5-11-17-12/h12-14H,2-11H2,1H3. The van der Waals surface area contributed by atoms with E-state index in [1.54, 1.807) is 0 Å². The topological polar surface area (TPSA) is 12.5 Å². The van der Waals surface area contributed by atoms with Crippen molar-refractivity contribution in [2.75, 3.05) is 20.2 Å². The average molecular weight is 260 g/mol. The second-order valence-corrected chi connectivity index (χ2v) is 6.19. The lowest BCUT2D eigenvalue weighted by Gasteiger charge is -2.35. The van der Waals surface area contributed by atoms with Crippen molar-refractivity contribution in [1.82, 2.24) is 4.90 Å². The molecule has 1 heterocycles. The van der Waals surface area contributed by atoms with E-state index in [1.807, 2.05) is 0 Å². The van der Waals surface area contributed by atoms with Gasteiger partial charge in [-0.05, 0) is 52.1 Å². The van der Waals surface area contributed by atoms with Gasteiger partial charge in [0.05, 0.1) is 6.10 Å². The van der Waals surface area contributed by atoms with Crippen LogP contribution >= 0.6 is 11.6 Å². The Labute approximate surface area is 111 Å². The molecule has 1 saturated carbocycles. The number of hydrogen-bond acceptors (Lipinski definition) is 2. The Kier molecular flexibility index (Phi) is 5.58. The summed E-state index contributed by atoms with van der Waals surface area (Å²) in [7, 11) is 2.24. The molecule has 0 aromatic rings. The largest absolute Gasteiger partial charge is 0.378 e. The van der Waals surface area contributed by atoms with Gasteiger partial charge >= 0.3 is 0 Å². The highest BCUT2D eigenvalue weighted by molar-refractivity contribution is 6.21. The Morgan fingerprint density at radius 3 is 2.71 bits per heavy atom. The molecule has 2 nitrogen and oxygen atoms in total. The molecule has 17 heavy (non-hydrogen) atoms. The Bertz CT molecular complexity index is 218. The van der Waals surface area contributed by atoms with Crippen molar-refractivity contribution in [3.8, 4) is 0 Å². The lowest BCUT2D eigenvalue weighted by molar-refractivity contribution is 0.0965. The molecule has 100 valence electrons. The van der Waals surface area contributed by atoms with Crippen LogP contribution in [0.2, 0.25) is 0 Å². The third kappa shape index (κ3) is 4.11. The summed E-state index contributed by atoms with van der Waals surface area (Å²) in [5, 5.41) is 0.372. The monoisotopic (exact) mass is 259 g/mol. The third-order valence-electron chi connectivity index (χ3n) is 4.27. The van der Waals surface area contributed by atoms with Crippen LogP contribution in [0.5, 0.6) is 0 Å².